The third-order valence-electron chi connectivity index (χ3n) is 4.50. The van der Waals surface area contributed by atoms with Gasteiger partial charge in [-0.15, -0.1) is 0 Å². The fourth-order valence-electron chi connectivity index (χ4n) is 3.34. The Morgan fingerprint density at radius 2 is 2.21 bits per heavy atom. The number of likely N-dealkylation sites (tertiary alicyclic amines) is 1. The average molecular weight is 325 g/mol. The van der Waals surface area contributed by atoms with Crippen molar-refractivity contribution < 1.29 is 9.32 Å². The van der Waals surface area contributed by atoms with Crippen LogP contribution in [-0.2, 0) is 0 Å². The monoisotopic (exact) mass is 325 g/mol. The number of amides is 1. The Bertz CT molecular complexity index is 869. The van der Waals surface area contributed by atoms with Crippen LogP contribution in [0.1, 0.15) is 53.9 Å². The number of hydrogen-bond acceptors (Lipinski definition) is 5. The number of aryl methyl sites for hydroxylation is 1. The predicted molar refractivity (Wildman–Crippen MR) is 86.5 cm³/mol. The minimum Gasteiger partial charge on any atom is -0.340 e. The SMILES string of the molecule is Cc1nc([C@H]2CCCCCN2C(=O)c2cccc3nccn23)no1. The molecule has 0 N–H and O–H groups in total. The molecule has 1 fully saturated rings. The van der Waals surface area contributed by atoms with Crippen LogP contribution in [-0.4, -0.2) is 36.9 Å². The molecule has 4 rings (SSSR count). The van der Waals surface area contributed by atoms with Crippen LogP contribution < -0.4 is 0 Å². The summed E-state index contributed by atoms with van der Waals surface area (Å²) in [7, 11) is 0. The highest BCUT2D eigenvalue weighted by Crippen LogP contribution is 2.30. The molecular weight excluding hydrogens is 306 g/mol. The molecule has 0 aromatic carbocycles. The zero-order valence-corrected chi connectivity index (χ0v) is 13.6. The lowest BCUT2D eigenvalue weighted by Crippen LogP contribution is -2.36. The van der Waals surface area contributed by atoms with Gasteiger partial charge in [-0.2, -0.15) is 4.98 Å². The first kappa shape index (κ1) is 14.9. The van der Waals surface area contributed by atoms with E-state index in [1.54, 1.807) is 13.1 Å². The number of imidazole rings is 1. The molecule has 1 aliphatic rings. The Labute approximate surface area is 139 Å². The summed E-state index contributed by atoms with van der Waals surface area (Å²) in [5, 5.41) is 4.06. The third kappa shape index (κ3) is 2.55. The van der Waals surface area contributed by atoms with Gasteiger partial charge in [-0.05, 0) is 25.0 Å². The van der Waals surface area contributed by atoms with E-state index in [2.05, 4.69) is 15.1 Å². The standard InChI is InChI=1S/C17H19N5O2/c1-12-19-16(20-24-12)13-6-3-2-4-10-22(13)17(23)14-7-5-8-15-18-9-11-21(14)15/h5,7-9,11,13H,2-4,6,10H2,1H3/t13-/m1/s1. The maximum Gasteiger partial charge on any atom is 0.271 e. The van der Waals surface area contributed by atoms with Gasteiger partial charge in [0.1, 0.15) is 11.3 Å². The van der Waals surface area contributed by atoms with Crippen molar-refractivity contribution in [3.05, 3.63) is 48.0 Å². The molecule has 0 aliphatic carbocycles. The lowest BCUT2D eigenvalue weighted by molar-refractivity contribution is 0.0662. The molecule has 4 heterocycles. The van der Waals surface area contributed by atoms with E-state index in [0.717, 1.165) is 31.3 Å². The fraction of sp³-hybridized carbons (Fsp3) is 0.412. The van der Waals surface area contributed by atoms with Crippen molar-refractivity contribution in [1.82, 2.24) is 24.4 Å². The molecule has 0 radical (unpaired) electrons. The first-order chi connectivity index (χ1) is 11.7. The van der Waals surface area contributed by atoms with E-state index in [-0.39, 0.29) is 11.9 Å². The number of aromatic nitrogens is 4. The molecule has 0 spiro atoms. The van der Waals surface area contributed by atoms with Gasteiger partial charge < -0.3 is 9.42 Å². The van der Waals surface area contributed by atoms with Crippen molar-refractivity contribution >= 4 is 11.6 Å². The molecule has 3 aromatic rings. The second-order valence-electron chi connectivity index (χ2n) is 6.10. The van der Waals surface area contributed by atoms with E-state index >= 15 is 0 Å². The van der Waals surface area contributed by atoms with E-state index in [1.165, 1.54) is 0 Å². The van der Waals surface area contributed by atoms with Gasteiger partial charge in [0.15, 0.2) is 5.82 Å². The highest BCUT2D eigenvalue weighted by molar-refractivity contribution is 5.93. The Balaban J connectivity index is 1.73. The highest BCUT2D eigenvalue weighted by atomic mass is 16.5. The van der Waals surface area contributed by atoms with Crippen molar-refractivity contribution in [2.24, 2.45) is 0 Å². The van der Waals surface area contributed by atoms with Crippen LogP contribution in [0.2, 0.25) is 0 Å². The number of carbonyl (C=O) groups is 1. The Kier molecular flexibility index (Phi) is 3.76. The summed E-state index contributed by atoms with van der Waals surface area (Å²) < 4.78 is 6.96. The van der Waals surface area contributed by atoms with Crippen LogP contribution in [0.5, 0.6) is 0 Å². The Morgan fingerprint density at radius 3 is 3.04 bits per heavy atom. The number of fused-ring (bicyclic) bond motifs is 1. The van der Waals surface area contributed by atoms with Crippen LogP contribution >= 0.6 is 0 Å². The maximum atomic E-state index is 13.2. The summed E-state index contributed by atoms with van der Waals surface area (Å²) in [6.07, 6.45) is 7.51. The summed E-state index contributed by atoms with van der Waals surface area (Å²) in [6, 6.07) is 5.44. The second kappa shape index (κ2) is 6.07. The summed E-state index contributed by atoms with van der Waals surface area (Å²) in [5.74, 6) is 1.10. The van der Waals surface area contributed by atoms with Crippen molar-refractivity contribution in [1.29, 1.82) is 0 Å². The molecule has 7 heteroatoms. The van der Waals surface area contributed by atoms with Gasteiger partial charge in [0.2, 0.25) is 5.89 Å². The smallest absolute Gasteiger partial charge is 0.271 e. The maximum absolute atomic E-state index is 13.2. The van der Waals surface area contributed by atoms with E-state index in [9.17, 15) is 4.79 Å². The number of carbonyl (C=O) groups excluding carboxylic acids is 1. The molecule has 124 valence electrons. The lowest BCUT2D eigenvalue weighted by Gasteiger charge is -2.28. The number of pyridine rings is 1. The molecule has 1 atom stereocenters. The average Bonchev–Trinajstić information content (AvgIpc) is 3.17. The largest absolute Gasteiger partial charge is 0.340 e. The van der Waals surface area contributed by atoms with Crippen molar-refractivity contribution in [2.75, 3.05) is 6.54 Å². The van der Waals surface area contributed by atoms with Crippen molar-refractivity contribution in [2.45, 2.75) is 38.6 Å². The van der Waals surface area contributed by atoms with Crippen LogP contribution in [0, 0.1) is 6.92 Å². The topological polar surface area (TPSA) is 76.5 Å². The van der Waals surface area contributed by atoms with E-state index in [0.29, 0.717) is 24.0 Å². The van der Waals surface area contributed by atoms with Gasteiger partial charge in [-0.3, -0.25) is 9.20 Å². The molecule has 0 saturated carbocycles. The molecule has 3 aromatic heterocycles. The van der Waals surface area contributed by atoms with Crippen LogP contribution in [0.15, 0.2) is 35.1 Å². The molecule has 1 amide bonds. The molecule has 24 heavy (non-hydrogen) atoms. The van der Waals surface area contributed by atoms with Gasteiger partial charge in [0.05, 0.1) is 6.04 Å². The predicted octanol–water partition coefficient (Wildman–Crippen LogP) is 2.78. The van der Waals surface area contributed by atoms with E-state index in [4.69, 9.17) is 4.52 Å². The van der Waals surface area contributed by atoms with Gasteiger partial charge in [0.25, 0.3) is 5.91 Å². The summed E-state index contributed by atoms with van der Waals surface area (Å²) in [4.78, 5) is 23.7. The van der Waals surface area contributed by atoms with Crippen molar-refractivity contribution in [3.8, 4) is 0 Å². The molecule has 0 unspecified atom stereocenters. The van der Waals surface area contributed by atoms with Crippen molar-refractivity contribution in [3.63, 3.8) is 0 Å². The lowest BCUT2D eigenvalue weighted by atomic mass is 10.1. The Hall–Kier alpha value is -2.70. The molecule has 0 bridgehead atoms. The van der Waals surface area contributed by atoms with Crippen LogP contribution in [0.3, 0.4) is 0 Å². The second-order valence-corrected chi connectivity index (χ2v) is 6.10. The van der Waals surface area contributed by atoms with E-state index < -0.39 is 0 Å². The number of rotatable bonds is 2. The number of hydrogen-bond donors (Lipinski definition) is 0. The quantitative estimate of drug-likeness (QED) is 0.724. The summed E-state index contributed by atoms with van der Waals surface area (Å²) in [6.45, 7) is 2.47. The van der Waals surface area contributed by atoms with Gasteiger partial charge in [0, 0.05) is 25.9 Å². The van der Waals surface area contributed by atoms with Crippen LogP contribution in [0.25, 0.3) is 5.65 Å². The summed E-state index contributed by atoms with van der Waals surface area (Å²) in [5.41, 5.74) is 1.37. The first-order valence-corrected chi connectivity index (χ1v) is 8.27. The highest BCUT2D eigenvalue weighted by Gasteiger charge is 2.31. The molecule has 1 aliphatic heterocycles. The summed E-state index contributed by atoms with van der Waals surface area (Å²) >= 11 is 0. The van der Waals surface area contributed by atoms with Gasteiger partial charge in [-0.1, -0.05) is 24.1 Å². The minimum absolute atomic E-state index is 0.0204. The fourth-order valence-corrected chi connectivity index (χ4v) is 3.34. The minimum atomic E-state index is -0.142. The number of nitrogens with zero attached hydrogens (tertiary/aromatic N) is 5. The normalized spacial score (nSPS) is 18.7. The zero-order valence-electron chi connectivity index (χ0n) is 13.6. The molecule has 1 saturated heterocycles. The van der Waals surface area contributed by atoms with Crippen LogP contribution in [0.4, 0.5) is 0 Å². The first-order valence-electron chi connectivity index (χ1n) is 8.27. The van der Waals surface area contributed by atoms with Gasteiger partial charge >= 0.3 is 0 Å². The Morgan fingerprint density at radius 1 is 1.29 bits per heavy atom. The van der Waals surface area contributed by atoms with E-state index in [1.807, 2.05) is 33.7 Å². The third-order valence-corrected chi connectivity index (χ3v) is 4.50. The molecular formula is C17H19N5O2. The van der Waals surface area contributed by atoms with Gasteiger partial charge in [-0.25, -0.2) is 4.98 Å². The zero-order chi connectivity index (χ0) is 16.5. The molecule has 7 nitrogen and oxygen atoms in total.